The number of nitrogens with zero attached hydrogens (tertiary/aromatic N) is 1. The number of aryl methyl sites for hydroxylation is 1. The summed E-state index contributed by atoms with van der Waals surface area (Å²) in [6, 6.07) is 6.26. The van der Waals surface area contributed by atoms with Gasteiger partial charge in [0.1, 0.15) is 0 Å². The molecular weight excluding hydrogens is 146 g/mol. The predicted molar refractivity (Wildman–Crippen MR) is 53.0 cm³/mol. The Balaban J connectivity index is 2.65. The Morgan fingerprint density at radius 1 is 1.33 bits per heavy atom. The molecule has 0 spiro atoms. The second kappa shape index (κ2) is 2.94. The van der Waals surface area contributed by atoms with E-state index in [0.29, 0.717) is 0 Å². The van der Waals surface area contributed by atoms with Crippen LogP contribution in [0.3, 0.4) is 0 Å². The first-order chi connectivity index (χ1) is 5.88. The number of benzene rings is 1. The first-order valence-electron chi connectivity index (χ1n) is 4.16. The zero-order valence-electron chi connectivity index (χ0n) is 7.12. The lowest BCUT2D eigenvalue weighted by molar-refractivity contribution is 1.39. The van der Waals surface area contributed by atoms with Crippen LogP contribution in [0.5, 0.6) is 0 Å². The number of rotatable bonds is 0. The van der Waals surface area contributed by atoms with E-state index >= 15 is 0 Å². The summed E-state index contributed by atoms with van der Waals surface area (Å²) in [5.41, 5.74) is 3.59. The van der Waals surface area contributed by atoms with Crippen LogP contribution < -0.4 is 0 Å². The summed E-state index contributed by atoms with van der Waals surface area (Å²) in [6.07, 6.45) is 7.16. The summed E-state index contributed by atoms with van der Waals surface area (Å²) >= 11 is 0. The number of allylic oxidation sites excluding steroid dienone is 1. The predicted octanol–water partition coefficient (Wildman–Crippen LogP) is 3.11. The van der Waals surface area contributed by atoms with Crippen molar-refractivity contribution in [1.29, 1.82) is 0 Å². The van der Waals surface area contributed by atoms with Crippen molar-refractivity contribution >= 4 is 18.0 Å². The van der Waals surface area contributed by atoms with Crippen molar-refractivity contribution in [1.82, 2.24) is 0 Å². The van der Waals surface area contributed by atoms with Crippen LogP contribution in [0.1, 0.15) is 17.5 Å². The van der Waals surface area contributed by atoms with E-state index in [2.05, 4.69) is 42.3 Å². The molecule has 0 N–H and O–H groups in total. The SMILES string of the molecule is Cc1cccc2c1N=CCC=C2. The third-order valence-corrected chi connectivity index (χ3v) is 2.03. The van der Waals surface area contributed by atoms with Crippen LogP contribution in [0, 0.1) is 6.92 Å². The Morgan fingerprint density at radius 3 is 3.17 bits per heavy atom. The minimum absolute atomic E-state index is 0.939. The molecule has 1 nitrogen and oxygen atoms in total. The number of para-hydroxylation sites is 1. The monoisotopic (exact) mass is 157 g/mol. The summed E-state index contributed by atoms with van der Waals surface area (Å²) < 4.78 is 0. The molecular formula is C11H11N. The topological polar surface area (TPSA) is 12.4 Å². The van der Waals surface area contributed by atoms with Crippen LogP contribution in [0.4, 0.5) is 5.69 Å². The van der Waals surface area contributed by atoms with E-state index in [0.717, 1.165) is 12.1 Å². The second-order valence-corrected chi connectivity index (χ2v) is 2.96. The van der Waals surface area contributed by atoms with Gasteiger partial charge in [-0.05, 0) is 12.5 Å². The highest BCUT2D eigenvalue weighted by atomic mass is 14.7. The molecule has 1 aliphatic heterocycles. The van der Waals surface area contributed by atoms with Crippen molar-refractivity contribution in [2.75, 3.05) is 0 Å². The third kappa shape index (κ3) is 1.18. The molecule has 1 aliphatic rings. The van der Waals surface area contributed by atoms with E-state index in [9.17, 15) is 0 Å². The maximum Gasteiger partial charge on any atom is 0.0727 e. The minimum Gasteiger partial charge on any atom is -0.260 e. The molecule has 2 rings (SSSR count). The molecule has 0 saturated heterocycles. The first-order valence-corrected chi connectivity index (χ1v) is 4.16. The largest absolute Gasteiger partial charge is 0.260 e. The average Bonchev–Trinajstić information content (AvgIpc) is 2.30. The summed E-state index contributed by atoms with van der Waals surface area (Å²) in [5.74, 6) is 0. The zero-order chi connectivity index (χ0) is 8.39. The van der Waals surface area contributed by atoms with Crippen molar-refractivity contribution in [2.45, 2.75) is 13.3 Å². The van der Waals surface area contributed by atoms with Crippen molar-refractivity contribution in [3.8, 4) is 0 Å². The van der Waals surface area contributed by atoms with E-state index in [1.165, 1.54) is 11.1 Å². The lowest BCUT2D eigenvalue weighted by Gasteiger charge is -2.02. The number of aliphatic imine (C=N–C) groups is 1. The number of fused-ring (bicyclic) bond motifs is 1. The Kier molecular flexibility index (Phi) is 1.78. The van der Waals surface area contributed by atoms with Crippen LogP contribution in [-0.4, -0.2) is 6.21 Å². The van der Waals surface area contributed by atoms with Crippen LogP contribution >= 0.6 is 0 Å². The molecule has 0 fully saturated rings. The fraction of sp³-hybridized carbons (Fsp3) is 0.182. The molecule has 0 amide bonds. The summed E-state index contributed by atoms with van der Waals surface area (Å²) in [7, 11) is 0. The lowest BCUT2D eigenvalue weighted by Crippen LogP contribution is -1.78. The third-order valence-electron chi connectivity index (χ3n) is 2.03. The Hall–Kier alpha value is -1.37. The average molecular weight is 157 g/mol. The highest BCUT2D eigenvalue weighted by Crippen LogP contribution is 2.26. The first kappa shape index (κ1) is 7.29. The van der Waals surface area contributed by atoms with Crippen molar-refractivity contribution < 1.29 is 0 Å². The standard InChI is InChI=1S/C11H11N/c1-9-5-4-7-10-6-2-3-8-12-11(9)10/h2,4-8H,3H2,1H3. The molecule has 0 aliphatic carbocycles. The van der Waals surface area contributed by atoms with Gasteiger partial charge >= 0.3 is 0 Å². The van der Waals surface area contributed by atoms with Gasteiger partial charge in [-0.1, -0.05) is 30.4 Å². The zero-order valence-corrected chi connectivity index (χ0v) is 7.12. The van der Waals surface area contributed by atoms with E-state index in [-0.39, 0.29) is 0 Å². The van der Waals surface area contributed by atoms with Crippen molar-refractivity contribution in [3.63, 3.8) is 0 Å². The van der Waals surface area contributed by atoms with E-state index in [4.69, 9.17) is 0 Å². The van der Waals surface area contributed by atoms with Crippen LogP contribution in [0.25, 0.3) is 6.08 Å². The van der Waals surface area contributed by atoms with Gasteiger partial charge in [0.2, 0.25) is 0 Å². The molecule has 12 heavy (non-hydrogen) atoms. The smallest absolute Gasteiger partial charge is 0.0727 e. The molecule has 0 atom stereocenters. The molecule has 0 aromatic heterocycles. The van der Waals surface area contributed by atoms with Crippen LogP contribution in [0.15, 0.2) is 29.3 Å². The van der Waals surface area contributed by atoms with Gasteiger partial charge in [0, 0.05) is 18.2 Å². The van der Waals surface area contributed by atoms with Gasteiger partial charge in [-0.3, -0.25) is 4.99 Å². The fourth-order valence-electron chi connectivity index (χ4n) is 1.39. The lowest BCUT2D eigenvalue weighted by atomic mass is 10.1. The maximum absolute atomic E-state index is 4.40. The molecule has 1 heterocycles. The molecule has 0 radical (unpaired) electrons. The normalized spacial score (nSPS) is 14.1. The van der Waals surface area contributed by atoms with Crippen LogP contribution in [0.2, 0.25) is 0 Å². The highest BCUT2D eigenvalue weighted by molar-refractivity contribution is 5.77. The van der Waals surface area contributed by atoms with Crippen molar-refractivity contribution in [2.24, 2.45) is 4.99 Å². The maximum atomic E-state index is 4.40. The molecule has 0 saturated carbocycles. The van der Waals surface area contributed by atoms with Gasteiger partial charge in [-0.25, -0.2) is 0 Å². The van der Waals surface area contributed by atoms with E-state index < -0.39 is 0 Å². The van der Waals surface area contributed by atoms with E-state index in [1.807, 2.05) is 6.21 Å². The number of hydrogen-bond donors (Lipinski definition) is 0. The van der Waals surface area contributed by atoms with Crippen LogP contribution in [-0.2, 0) is 0 Å². The van der Waals surface area contributed by atoms with Gasteiger partial charge in [-0.2, -0.15) is 0 Å². The van der Waals surface area contributed by atoms with Gasteiger partial charge in [-0.15, -0.1) is 0 Å². The Morgan fingerprint density at radius 2 is 2.25 bits per heavy atom. The summed E-state index contributed by atoms with van der Waals surface area (Å²) in [6.45, 7) is 2.09. The molecule has 60 valence electrons. The van der Waals surface area contributed by atoms with Gasteiger partial charge in [0.05, 0.1) is 5.69 Å². The molecule has 0 unspecified atom stereocenters. The Bertz CT molecular complexity index is 348. The number of hydrogen-bond acceptors (Lipinski definition) is 1. The molecule has 1 heteroatoms. The second-order valence-electron chi connectivity index (χ2n) is 2.96. The molecule has 1 aromatic carbocycles. The van der Waals surface area contributed by atoms with E-state index in [1.54, 1.807) is 0 Å². The summed E-state index contributed by atoms with van der Waals surface area (Å²) in [5, 5.41) is 0. The minimum atomic E-state index is 0.939. The molecule has 1 aromatic rings. The van der Waals surface area contributed by atoms with Gasteiger partial charge in [0.25, 0.3) is 0 Å². The Labute approximate surface area is 72.5 Å². The van der Waals surface area contributed by atoms with Gasteiger partial charge in [0.15, 0.2) is 0 Å². The summed E-state index contributed by atoms with van der Waals surface area (Å²) in [4.78, 5) is 4.40. The fourth-order valence-corrected chi connectivity index (χ4v) is 1.39. The molecule has 0 bridgehead atoms. The van der Waals surface area contributed by atoms with Gasteiger partial charge < -0.3 is 0 Å². The van der Waals surface area contributed by atoms with Crippen molar-refractivity contribution in [3.05, 3.63) is 35.4 Å². The highest BCUT2D eigenvalue weighted by Gasteiger charge is 2.01. The quantitative estimate of drug-likeness (QED) is 0.548.